The minimum absolute atomic E-state index is 0.402. The molecule has 0 aromatic carbocycles. The molecule has 12 heavy (non-hydrogen) atoms. The summed E-state index contributed by atoms with van der Waals surface area (Å²) in [7, 11) is 1.41. The molecule has 0 radical (unpaired) electrons. The van der Waals surface area contributed by atoms with Gasteiger partial charge < -0.3 is 5.32 Å². The van der Waals surface area contributed by atoms with Crippen LogP contribution in [-0.2, 0) is 0 Å². The fourth-order valence-corrected chi connectivity index (χ4v) is 1.63. The van der Waals surface area contributed by atoms with E-state index in [0.717, 1.165) is 10.7 Å². The quantitative estimate of drug-likeness (QED) is 0.580. The Hall–Kier alpha value is -0.350. The van der Waals surface area contributed by atoms with Crippen molar-refractivity contribution in [2.45, 2.75) is 24.8 Å². The van der Waals surface area contributed by atoms with E-state index in [9.17, 15) is 0 Å². The van der Waals surface area contributed by atoms with E-state index in [0.29, 0.717) is 6.04 Å². The zero-order valence-corrected chi connectivity index (χ0v) is 8.82. The number of pyridine rings is 1. The van der Waals surface area contributed by atoms with Gasteiger partial charge in [-0.1, -0.05) is 10.8 Å². The number of nitrogens with zero attached hydrogens (tertiary/aromatic N) is 1. The third-order valence-electron chi connectivity index (χ3n) is 1.29. The van der Waals surface area contributed by atoms with E-state index in [4.69, 9.17) is 0 Å². The first kappa shape index (κ1) is 9.74. The van der Waals surface area contributed by atoms with Crippen LogP contribution in [0, 0.1) is 0 Å². The van der Waals surface area contributed by atoms with Gasteiger partial charge >= 0.3 is 0 Å². The molecule has 0 aliphatic rings. The van der Waals surface area contributed by atoms with Crippen LogP contribution in [0.15, 0.2) is 23.2 Å². The number of hydrogen-bond donors (Lipinski definition) is 2. The van der Waals surface area contributed by atoms with Crippen molar-refractivity contribution < 1.29 is 0 Å². The number of nitrogens with one attached hydrogen (secondary N) is 1. The average molecular weight is 200 g/mol. The summed E-state index contributed by atoms with van der Waals surface area (Å²) in [6.45, 7) is 4.17. The summed E-state index contributed by atoms with van der Waals surface area (Å²) in [5.74, 6) is 0.910. The molecule has 0 spiro atoms. The maximum absolute atomic E-state index is 4.21. The lowest BCUT2D eigenvalue weighted by molar-refractivity contribution is 0.881. The number of hydrogen-bond acceptors (Lipinski definition) is 4. The summed E-state index contributed by atoms with van der Waals surface area (Å²) in [4.78, 5) is 5.27. The van der Waals surface area contributed by atoms with Gasteiger partial charge in [0.2, 0.25) is 0 Å². The molecule has 0 saturated heterocycles. The highest BCUT2D eigenvalue weighted by Gasteiger charge is 2.02. The SMILES string of the molecule is CC(C)Nc1ncccc1SS. The Morgan fingerprint density at radius 1 is 1.58 bits per heavy atom. The van der Waals surface area contributed by atoms with E-state index in [1.165, 1.54) is 10.8 Å². The van der Waals surface area contributed by atoms with Crippen LogP contribution in [-0.4, -0.2) is 11.0 Å². The highest BCUT2D eigenvalue weighted by atomic mass is 33.1. The van der Waals surface area contributed by atoms with Crippen molar-refractivity contribution in [3.05, 3.63) is 18.3 Å². The van der Waals surface area contributed by atoms with Crippen molar-refractivity contribution in [1.82, 2.24) is 4.98 Å². The van der Waals surface area contributed by atoms with Crippen molar-refractivity contribution in [2.75, 3.05) is 5.32 Å². The van der Waals surface area contributed by atoms with Gasteiger partial charge in [-0.15, -0.1) is 11.7 Å². The summed E-state index contributed by atoms with van der Waals surface area (Å²) in [5.41, 5.74) is 0. The van der Waals surface area contributed by atoms with Crippen LogP contribution in [0.5, 0.6) is 0 Å². The minimum atomic E-state index is 0.402. The lowest BCUT2D eigenvalue weighted by atomic mass is 10.4. The molecule has 0 aliphatic carbocycles. The summed E-state index contributed by atoms with van der Waals surface area (Å²) in [5, 5.41) is 3.24. The molecule has 0 aliphatic heterocycles. The molecule has 2 nitrogen and oxygen atoms in total. The molecule has 1 N–H and O–H groups in total. The Kier molecular flexibility index (Phi) is 3.75. The fraction of sp³-hybridized carbons (Fsp3) is 0.375. The van der Waals surface area contributed by atoms with E-state index in [2.05, 4.69) is 35.8 Å². The molecule has 0 atom stereocenters. The average Bonchev–Trinajstić information content (AvgIpc) is 2.04. The Labute approximate surface area is 82.0 Å². The van der Waals surface area contributed by atoms with Crippen molar-refractivity contribution in [3.8, 4) is 0 Å². The fourth-order valence-electron chi connectivity index (χ4n) is 0.846. The van der Waals surface area contributed by atoms with Crippen LogP contribution in [0.3, 0.4) is 0 Å². The molecule has 0 unspecified atom stereocenters. The minimum Gasteiger partial charge on any atom is -0.367 e. The van der Waals surface area contributed by atoms with E-state index < -0.39 is 0 Å². The predicted octanol–water partition coefficient (Wildman–Crippen LogP) is 2.84. The summed E-state index contributed by atoms with van der Waals surface area (Å²) in [6, 6.07) is 4.30. The molecule has 4 heteroatoms. The van der Waals surface area contributed by atoms with Gasteiger partial charge in [-0.2, -0.15) is 0 Å². The number of rotatable bonds is 3. The summed E-state index contributed by atoms with van der Waals surface area (Å²) in [6.07, 6.45) is 1.78. The third-order valence-corrected chi connectivity index (χ3v) is 2.41. The first-order valence-electron chi connectivity index (χ1n) is 3.77. The van der Waals surface area contributed by atoms with Crippen LogP contribution >= 0.6 is 22.5 Å². The van der Waals surface area contributed by atoms with Gasteiger partial charge in [-0.05, 0) is 26.0 Å². The normalized spacial score (nSPS) is 10.3. The molecule has 0 fully saturated rings. The molecule has 1 aromatic heterocycles. The summed E-state index contributed by atoms with van der Waals surface area (Å²) < 4.78 is 0. The molecule has 0 bridgehead atoms. The van der Waals surface area contributed by atoms with Crippen LogP contribution in [0.2, 0.25) is 0 Å². The van der Waals surface area contributed by atoms with Gasteiger partial charge in [0.05, 0.1) is 4.90 Å². The topological polar surface area (TPSA) is 24.9 Å². The van der Waals surface area contributed by atoms with Crippen LogP contribution in [0.1, 0.15) is 13.8 Å². The second-order valence-electron chi connectivity index (χ2n) is 2.74. The van der Waals surface area contributed by atoms with Crippen molar-refractivity contribution in [3.63, 3.8) is 0 Å². The molecular formula is C8H12N2S2. The maximum atomic E-state index is 4.21. The smallest absolute Gasteiger partial charge is 0.140 e. The molecule has 0 saturated carbocycles. The zero-order valence-electron chi connectivity index (χ0n) is 7.11. The van der Waals surface area contributed by atoms with Gasteiger partial charge in [0.15, 0.2) is 0 Å². The molecule has 1 heterocycles. The van der Waals surface area contributed by atoms with Gasteiger partial charge in [0, 0.05) is 12.2 Å². The first-order chi connectivity index (χ1) is 5.74. The lowest BCUT2D eigenvalue weighted by Gasteiger charge is -2.10. The van der Waals surface area contributed by atoms with E-state index in [1.54, 1.807) is 6.20 Å². The summed E-state index contributed by atoms with van der Waals surface area (Å²) >= 11 is 4.14. The first-order valence-corrected chi connectivity index (χ1v) is 5.64. The predicted molar refractivity (Wildman–Crippen MR) is 57.8 cm³/mol. The zero-order chi connectivity index (χ0) is 8.97. The Morgan fingerprint density at radius 3 is 2.92 bits per heavy atom. The Morgan fingerprint density at radius 2 is 2.33 bits per heavy atom. The maximum Gasteiger partial charge on any atom is 0.140 e. The standard InChI is InChI=1S/C8H12N2S2/c1-6(2)10-8-7(12-11)4-3-5-9-8/h3-6,11H,1-2H3,(H,9,10). The van der Waals surface area contributed by atoms with Crippen LogP contribution < -0.4 is 5.32 Å². The van der Waals surface area contributed by atoms with Crippen molar-refractivity contribution >= 4 is 28.3 Å². The van der Waals surface area contributed by atoms with Crippen molar-refractivity contribution in [2.24, 2.45) is 0 Å². The van der Waals surface area contributed by atoms with Crippen LogP contribution in [0.4, 0.5) is 5.82 Å². The van der Waals surface area contributed by atoms with E-state index in [-0.39, 0.29) is 0 Å². The highest BCUT2D eigenvalue weighted by molar-refractivity contribution is 8.68. The largest absolute Gasteiger partial charge is 0.367 e. The van der Waals surface area contributed by atoms with Crippen molar-refractivity contribution in [1.29, 1.82) is 0 Å². The molecule has 66 valence electrons. The number of aromatic nitrogens is 1. The van der Waals surface area contributed by atoms with Gasteiger partial charge in [0.25, 0.3) is 0 Å². The molecular weight excluding hydrogens is 188 g/mol. The molecule has 1 rings (SSSR count). The lowest BCUT2D eigenvalue weighted by Crippen LogP contribution is -2.11. The monoisotopic (exact) mass is 200 g/mol. The van der Waals surface area contributed by atoms with E-state index in [1.807, 2.05) is 12.1 Å². The van der Waals surface area contributed by atoms with Gasteiger partial charge in [-0.25, -0.2) is 4.98 Å². The third kappa shape index (κ3) is 2.60. The molecule has 1 aromatic rings. The molecule has 0 amide bonds. The van der Waals surface area contributed by atoms with Gasteiger partial charge in [0.1, 0.15) is 5.82 Å². The van der Waals surface area contributed by atoms with E-state index >= 15 is 0 Å². The Bertz CT molecular complexity index is 251. The highest BCUT2D eigenvalue weighted by Crippen LogP contribution is 2.27. The Balaban J connectivity index is 2.82. The number of thiol groups is 1. The number of anilines is 1. The second kappa shape index (κ2) is 4.62. The van der Waals surface area contributed by atoms with Gasteiger partial charge in [-0.3, -0.25) is 0 Å². The second-order valence-corrected chi connectivity index (χ2v) is 3.91. The van der Waals surface area contributed by atoms with Crippen LogP contribution in [0.25, 0.3) is 0 Å².